The summed E-state index contributed by atoms with van der Waals surface area (Å²) in [7, 11) is 3.19. The highest BCUT2D eigenvalue weighted by Crippen LogP contribution is 2.46. The number of pyridine rings is 1. The lowest BCUT2D eigenvalue weighted by molar-refractivity contribution is -0.140. The lowest BCUT2D eigenvalue weighted by atomic mass is 9.86. The Morgan fingerprint density at radius 3 is 2.54 bits per heavy atom. The predicted molar refractivity (Wildman–Crippen MR) is 172 cm³/mol. The zero-order chi connectivity index (χ0) is 33.0. The van der Waals surface area contributed by atoms with Crippen LogP contribution in [0.25, 0.3) is 0 Å². The van der Waals surface area contributed by atoms with E-state index < -0.39 is 5.41 Å². The Bertz CT molecular complexity index is 1640. The Labute approximate surface area is 267 Å². The van der Waals surface area contributed by atoms with Gasteiger partial charge in [0.25, 0.3) is 0 Å². The Hall–Kier alpha value is -5.14. The summed E-state index contributed by atoms with van der Waals surface area (Å²) in [5, 5.41) is 15.7. The van der Waals surface area contributed by atoms with Crippen molar-refractivity contribution < 1.29 is 29.0 Å². The molecule has 3 aromatic rings. The number of aromatic nitrogens is 3. The quantitative estimate of drug-likeness (QED) is 0.0704. The first kappa shape index (κ1) is 32.3. The molecule has 1 aromatic carbocycles. The summed E-state index contributed by atoms with van der Waals surface area (Å²) in [6.45, 7) is 7.42. The first-order chi connectivity index (χ1) is 22.1. The largest absolute Gasteiger partial charge is 0.497 e. The second-order valence-corrected chi connectivity index (χ2v) is 11.7. The van der Waals surface area contributed by atoms with Gasteiger partial charge in [0.1, 0.15) is 41.8 Å². The number of nitrogens with two attached hydrogens (primary N) is 1. The average molecular weight is 633 g/mol. The zero-order valence-corrected chi connectivity index (χ0v) is 26.7. The third kappa shape index (κ3) is 6.32. The number of amides is 1. The van der Waals surface area contributed by atoms with Crippen molar-refractivity contribution in [3.05, 3.63) is 59.2 Å². The normalized spacial score (nSPS) is 16.3. The van der Waals surface area contributed by atoms with Gasteiger partial charge in [-0.15, -0.1) is 0 Å². The van der Waals surface area contributed by atoms with Crippen LogP contribution in [-0.2, 0) is 26.3 Å². The molecule has 244 valence electrons. The summed E-state index contributed by atoms with van der Waals surface area (Å²) in [5.74, 6) is 2.19. The van der Waals surface area contributed by atoms with Gasteiger partial charge in [-0.25, -0.2) is 15.0 Å². The minimum absolute atomic E-state index is 0.0579. The van der Waals surface area contributed by atoms with Gasteiger partial charge in [-0.3, -0.25) is 14.5 Å². The number of piperidine rings is 1. The number of esters is 1. The van der Waals surface area contributed by atoms with E-state index in [1.165, 1.54) is 13.3 Å². The maximum atomic E-state index is 13.9. The Morgan fingerprint density at radius 2 is 1.87 bits per heavy atom. The molecule has 4 heterocycles. The number of nitrogens with zero attached hydrogens (tertiary/aromatic N) is 6. The van der Waals surface area contributed by atoms with Crippen LogP contribution in [0.15, 0.2) is 41.8 Å². The summed E-state index contributed by atoms with van der Waals surface area (Å²) in [5.41, 5.74) is 8.59. The molecule has 14 nitrogen and oxygen atoms in total. The minimum atomic E-state index is -0.849. The Morgan fingerprint density at radius 1 is 1.13 bits per heavy atom. The summed E-state index contributed by atoms with van der Waals surface area (Å²) in [6.07, 6.45) is 3.00. The summed E-state index contributed by atoms with van der Waals surface area (Å²) >= 11 is 0. The number of rotatable bonds is 11. The van der Waals surface area contributed by atoms with Gasteiger partial charge < -0.3 is 35.4 Å². The van der Waals surface area contributed by atoms with Crippen molar-refractivity contribution in [3.63, 3.8) is 0 Å². The lowest BCUT2D eigenvalue weighted by Gasteiger charge is -2.35. The molecule has 0 spiro atoms. The van der Waals surface area contributed by atoms with Crippen molar-refractivity contribution >= 4 is 35.0 Å². The number of carbonyl (C=O) groups excluding carboxylic acids is 2. The first-order valence-electron chi connectivity index (χ1n) is 15.1. The number of hydrogen-bond donors (Lipinski definition) is 3. The van der Waals surface area contributed by atoms with E-state index in [1.54, 1.807) is 31.3 Å². The van der Waals surface area contributed by atoms with Crippen molar-refractivity contribution in [3.8, 4) is 11.5 Å². The number of anilines is 3. The molecule has 2 aliphatic rings. The van der Waals surface area contributed by atoms with Crippen LogP contribution in [0.2, 0.25) is 0 Å². The van der Waals surface area contributed by atoms with Crippen LogP contribution in [0.4, 0.5) is 17.3 Å². The molecule has 0 bridgehead atoms. The molecule has 5 rings (SSSR count). The molecule has 1 saturated heterocycles. The molecular formula is C32H40N8O6. The average Bonchev–Trinajstić information content (AvgIpc) is 3.26. The SMILES string of the molecule is COc1ccc(CN2C(=O)C(C)(C)c3c(N4CCC(c5nc(/C(N)=N/O)ccc5NCCOC(C)=O)CC4)ncnc32)c(OC)c1. The molecule has 2 aliphatic heterocycles. The number of amidine groups is 1. The number of carbonyl (C=O) groups is 2. The van der Waals surface area contributed by atoms with Crippen molar-refractivity contribution in [2.75, 3.05) is 55.6 Å². The van der Waals surface area contributed by atoms with Crippen LogP contribution in [-0.4, -0.2) is 78.3 Å². The standard InChI is InChI=1S/C32H40N8O6/c1-19(41)46-15-12-34-23-8-9-24(28(33)38-43)37-27(23)20-10-13-39(14-11-20)29-26-30(36-18-35-29)40(31(42)32(26,2)3)17-21-6-7-22(44-4)16-25(21)45-5/h6-9,16,18,20,34,43H,10-15,17H2,1-5H3,(H2,33,38). The molecule has 0 saturated carbocycles. The van der Waals surface area contributed by atoms with Crippen LogP contribution in [0.1, 0.15) is 62.0 Å². The van der Waals surface area contributed by atoms with Crippen LogP contribution in [0.3, 0.4) is 0 Å². The maximum Gasteiger partial charge on any atom is 0.302 e. The summed E-state index contributed by atoms with van der Waals surface area (Å²) < 4.78 is 16.0. The molecule has 4 N–H and O–H groups in total. The number of methoxy groups -OCH3 is 2. The van der Waals surface area contributed by atoms with Crippen LogP contribution in [0.5, 0.6) is 11.5 Å². The number of oxime groups is 1. The molecule has 0 aliphatic carbocycles. The highest BCUT2D eigenvalue weighted by molar-refractivity contribution is 6.08. The molecule has 0 unspecified atom stereocenters. The Kier molecular flexibility index (Phi) is 9.44. The van der Waals surface area contributed by atoms with Crippen molar-refractivity contribution in [1.82, 2.24) is 15.0 Å². The van der Waals surface area contributed by atoms with Gasteiger partial charge in [0.05, 0.1) is 43.1 Å². The van der Waals surface area contributed by atoms with Gasteiger partial charge >= 0.3 is 5.97 Å². The molecule has 1 amide bonds. The van der Waals surface area contributed by atoms with E-state index in [2.05, 4.69) is 20.4 Å². The third-order valence-electron chi connectivity index (χ3n) is 8.49. The number of nitrogens with one attached hydrogen (secondary N) is 1. The fourth-order valence-electron chi connectivity index (χ4n) is 6.09. The smallest absolute Gasteiger partial charge is 0.302 e. The van der Waals surface area contributed by atoms with Crippen LogP contribution in [0, 0.1) is 0 Å². The van der Waals surface area contributed by atoms with E-state index in [-0.39, 0.29) is 36.8 Å². The van der Waals surface area contributed by atoms with E-state index in [1.807, 2.05) is 32.0 Å². The van der Waals surface area contributed by atoms with Gasteiger partial charge in [-0.2, -0.15) is 0 Å². The van der Waals surface area contributed by atoms with Gasteiger partial charge in [0.15, 0.2) is 5.84 Å². The lowest BCUT2D eigenvalue weighted by Crippen LogP contribution is -2.38. The number of benzene rings is 1. The summed E-state index contributed by atoms with van der Waals surface area (Å²) in [4.78, 5) is 43.0. The highest BCUT2D eigenvalue weighted by atomic mass is 16.5. The fourth-order valence-corrected chi connectivity index (χ4v) is 6.09. The third-order valence-corrected chi connectivity index (χ3v) is 8.49. The van der Waals surface area contributed by atoms with E-state index >= 15 is 0 Å². The van der Waals surface area contributed by atoms with Crippen LogP contribution >= 0.6 is 0 Å². The molecule has 2 aromatic heterocycles. The molecule has 0 radical (unpaired) electrons. The summed E-state index contributed by atoms with van der Waals surface area (Å²) in [6, 6.07) is 9.06. The molecular weight excluding hydrogens is 592 g/mol. The van der Waals surface area contributed by atoms with Gasteiger partial charge in [-0.1, -0.05) is 5.16 Å². The van der Waals surface area contributed by atoms with Gasteiger partial charge in [0.2, 0.25) is 5.91 Å². The highest BCUT2D eigenvalue weighted by Gasteiger charge is 2.48. The Balaban J connectivity index is 1.38. The molecule has 0 atom stereocenters. The monoisotopic (exact) mass is 632 g/mol. The minimum Gasteiger partial charge on any atom is -0.497 e. The van der Waals surface area contributed by atoms with E-state index in [0.717, 1.165) is 41.2 Å². The van der Waals surface area contributed by atoms with Crippen molar-refractivity contribution in [2.24, 2.45) is 10.9 Å². The second-order valence-electron chi connectivity index (χ2n) is 11.7. The first-order valence-corrected chi connectivity index (χ1v) is 15.1. The van der Waals surface area contributed by atoms with E-state index in [9.17, 15) is 14.8 Å². The molecule has 46 heavy (non-hydrogen) atoms. The number of ether oxygens (including phenoxy) is 3. The van der Waals surface area contributed by atoms with E-state index in [4.69, 9.17) is 29.9 Å². The predicted octanol–water partition coefficient (Wildman–Crippen LogP) is 3.17. The number of fused-ring (bicyclic) bond motifs is 1. The topological polar surface area (TPSA) is 178 Å². The molecule has 1 fully saturated rings. The molecule has 14 heteroatoms. The van der Waals surface area contributed by atoms with Crippen molar-refractivity contribution in [1.29, 1.82) is 0 Å². The van der Waals surface area contributed by atoms with Gasteiger partial charge in [0, 0.05) is 44.1 Å². The maximum absolute atomic E-state index is 13.9. The second kappa shape index (κ2) is 13.5. The zero-order valence-electron chi connectivity index (χ0n) is 26.7. The van der Waals surface area contributed by atoms with Crippen LogP contribution < -0.4 is 30.3 Å². The van der Waals surface area contributed by atoms with Gasteiger partial charge in [-0.05, 0) is 51.0 Å². The van der Waals surface area contributed by atoms with E-state index in [0.29, 0.717) is 42.6 Å². The fraction of sp³-hybridized carbons (Fsp3) is 0.438. The number of hydrogen-bond acceptors (Lipinski definition) is 12. The van der Waals surface area contributed by atoms with Crippen molar-refractivity contribution in [2.45, 2.75) is 51.5 Å².